The normalized spacial score (nSPS) is 16.3. The Morgan fingerprint density at radius 3 is 2.79 bits per heavy atom. The van der Waals surface area contributed by atoms with E-state index in [1.165, 1.54) is 0 Å². The van der Waals surface area contributed by atoms with Crippen LogP contribution in [0.25, 0.3) is 0 Å². The summed E-state index contributed by atoms with van der Waals surface area (Å²) in [5.74, 6) is 0.694. The second-order valence-electron chi connectivity index (χ2n) is 3.26. The molecule has 0 atom stereocenters. The molecule has 0 aliphatic carbocycles. The Labute approximate surface area is 78.9 Å². The summed E-state index contributed by atoms with van der Waals surface area (Å²) in [5.41, 5.74) is -1.08. The minimum atomic E-state index is -0.592. The lowest BCUT2D eigenvalue weighted by Crippen LogP contribution is -2.46. The van der Waals surface area contributed by atoms with Gasteiger partial charge in [0.05, 0.1) is 0 Å². The number of hydrogen-bond acceptors (Lipinski definition) is 5. The summed E-state index contributed by atoms with van der Waals surface area (Å²) in [7, 11) is 0. The van der Waals surface area contributed by atoms with E-state index in [2.05, 4.69) is 25.8 Å². The molecule has 0 spiro atoms. The zero-order valence-electron chi connectivity index (χ0n) is 7.46. The molecule has 1 aromatic heterocycles. The first kappa shape index (κ1) is 8.95. The molecule has 4 N–H and O–H groups in total. The molecule has 0 radical (unpaired) electrons. The third-order valence-corrected chi connectivity index (χ3v) is 2.14. The van der Waals surface area contributed by atoms with E-state index in [1.54, 1.807) is 0 Å². The molecule has 0 aromatic carbocycles. The van der Waals surface area contributed by atoms with E-state index in [-0.39, 0.29) is 5.82 Å². The third kappa shape index (κ3) is 1.82. The fraction of sp³-hybridized carbons (Fsp3) is 0.571. The van der Waals surface area contributed by atoms with Gasteiger partial charge in [-0.25, -0.2) is 9.89 Å². The van der Waals surface area contributed by atoms with Gasteiger partial charge < -0.3 is 10.6 Å². The molecule has 1 aliphatic rings. The summed E-state index contributed by atoms with van der Waals surface area (Å²) in [5, 5.41) is 11.8. The van der Waals surface area contributed by atoms with Gasteiger partial charge in [0.15, 0.2) is 0 Å². The topological polar surface area (TPSA) is 103 Å². The number of anilines is 1. The average Bonchev–Trinajstić information content (AvgIpc) is 2.05. The predicted molar refractivity (Wildman–Crippen MR) is 50.3 cm³/mol. The van der Waals surface area contributed by atoms with E-state index < -0.39 is 11.2 Å². The molecule has 0 unspecified atom stereocenters. The molecule has 1 aliphatic heterocycles. The van der Waals surface area contributed by atoms with Crippen LogP contribution in [0.1, 0.15) is 0 Å². The van der Waals surface area contributed by atoms with Crippen molar-refractivity contribution in [1.82, 2.24) is 20.5 Å². The van der Waals surface area contributed by atoms with E-state index in [0.29, 0.717) is 12.5 Å². The Morgan fingerprint density at radius 2 is 2.21 bits per heavy atom. The standard InChI is InChI=1S/C7H11N5O2/c13-6-5(11-12-7(14)10-6)9-3-4-1-8-2-4/h4,8H,1-3H2,(H,9,11)(H2,10,12,13,14). The van der Waals surface area contributed by atoms with Gasteiger partial charge in [0.25, 0.3) is 5.56 Å². The molecule has 1 aromatic rings. The molecular formula is C7H11N5O2. The van der Waals surface area contributed by atoms with Gasteiger partial charge in [0.1, 0.15) is 0 Å². The van der Waals surface area contributed by atoms with Gasteiger partial charge in [-0.3, -0.25) is 9.78 Å². The van der Waals surface area contributed by atoms with Crippen molar-refractivity contribution in [2.75, 3.05) is 25.0 Å². The molecule has 0 amide bonds. The van der Waals surface area contributed by atoms with Crippen molar-refractivity contribution in [2.45, 2.75) is 0 Å². The first-order valence-electron chi connectivity index (χ1n) is 4.39. The van der Waals surface area contributed by atoms with Crippen LogP contribution in [-0.2, 0) is 0 Å². The number of aromatic amines is 2. The number of aromatic nitrogens is 3. The van der Waals surface area contributed by atoms with Crippen LogP contribution in [-0.4, -0.2) is 34.8 Å². The van der Waals surface area contributed by atoms with Crippen LogP contribution >= 0.6 is 0 Å². The van der Waals surface area contributed by atoms with E-state index in [9.17, 15) is 9.59 Å². The Morgan fingerprint density at radius 1 is 1.43 bits per heavy atom. The van der Waals surface area contributed by atoms with Gasteiger partial charge in [-0.1, -0.05) is 0 Å². The lowest BCUT2D eigenvalue weighted by molar-refractivity contribution is 0.365. The minimum Gasteiger partial charge on any atom is -0.364 e. The molecule has 76 valence electrons. The Hall–Kier alpha value is -1.63. The molecule has 2 rings (SSSR count). The number of hydrogen-bond donors (Lipinski definition) is 4. The average molecular weight is 197 g/mol. The molecule has 14 heavy (non-hydrogen) atoms. The lowest BCUT2D eigenvalue weighted by atomic mass is 10.0. The summed E-state index contributed by atoms with van der Waals surface area (Å²) in [6.45, 7) is 2.59. The van der Waals surface area contributed by atoms with Gasteiger partial charge in [0.2, 0.25) is 5.82 Å². The van der Waals surface area contributed by atoms with E-state index in [1.807, 2.05) is 0 Å². The molecule has 0 bridgehead atoms. The van der Waals surface area contributed by atoms with Crippen molar-refractivity contribution < 1.29 is 0 Å². The summed E-state index contributed by atoms with van der Waals surface area (Å²) >= 11 is 0. The summed E-state index contributed by atoms with van der Waals surface area (Å²) in [6.07, 6.45) is 0. The van der Waals surface area contributed by atoms with E-state index in [0.717, 1.165) is 13.1 Å². The first-order valence-corrected chi connectivity index (χ1v) is 4.39. The van der Waals surface area contributed by atoms with Crippen LogP contribution in [0.3, 0.4) is 0 Å². The summed E-state index contributed by atoms with van der Waals surface area (Å²) in [4.78, 5) is 23.9. The Balaban J connectivity index is 2.01. The highest BCUT2D eigenvalue weighted by Crippen LogP contribution is 2.02. The fourth-order valence-electron chi connectivity index (χ4n) is 1.20. The highest BCUT2D eigenvalue weighted by Gasteiger charge is 2.16. The first-order chi connectivity index (χ1) is 6.75. The highest BCUT2D eigenvalue weighted by atomic mass is 16.2. The van der Waals surface area contributed by atoms with Crippen molar-refractivity contribution >= 4 is 5.82 Å². The second-order valence-corrected chi connectivity index (χ2v) is 3.26. The van der Waals surface area contributed by atoms with Crippen LogP contribution < -0.4 is 21.9 Å². The number of rotatable bonds is 3. The van der Waals surface area contributed by atoms with Gasteiger partial charge in [-0.2, -0.15) is 0 Å². The summed E-state index contributed by atoms with van der Waals surface area (Å²) in [6, 6.07) is 0. The number of nitrogens with zero attached hydrogens (tertiary/aromatic N) is 1. The zero-order valence-corrected chi connectivity index (χ0v) is 7.46. The molecule has 7 heteroatoms. The van der Waals surface area contributed by atoms with Crippen molar-refractivity contribution in [3.05, 3.63) is 20.8 Å². The monoisotopic (exact) mass is 197 g/mol. The van der Waals surface area contributed by atoms with Gasteiger partial charge in [0, 0.05) is 25.6 Å². The molecule has 1 fully saturated rings. The van der Waals surface area contributed by atoms with Crippen LogP contribution in [0.5, 0.6) is 0 Å². The predicted octanol–water partition coefficient (Wildman–Crippen LogP) is -1.91. The van der Waals surface area contributed by atoms with Crippen molar-refractivity contribution in [3.63, 3.8) is 0 Å². The van der Waals surface area contributed by atoms with Crippen molar-refractivity contribution in [1.29, 1.82) is 0 Å². The van der Waals surface area contributed by atoms with Crippen LogP contribution in [0.4, 0.5) is 5.82 Å². The van der Waals surface area contributed by atoms with Crippen LogP contribution in [0, 0.1) is 5.92 Å². The maximum atomic E-state index is 11.1. The maximum Gasteiger partial charge on any atom is 0.342 e. The molecule has 1 saturated heterocycles. The quantitative estimate of drug-likeness (QED) is 0.453. The SMILES string of the molecule is O=c1[nH]nc(NCC2CNC2)c(=O)[nH]1. The van der Waals surface area contributed by atoms with Crippen molar-refractivity contribution in [3.8, 4) is 0 Å². The Kier molecular flexibility index (Phi) is 2.32. The van der Waals surface area contributed by atoms with E-state index >= 15 is 0 Å². The molecule has 2 heterocycles. The summed E-state index contributed by atoms with van der Waals surface area (Å²) < 4.78 is 0. The maximum absolute atomic E-state index is 11.1. The Bertz CT molecular complexity index is 419. The van der Waals surface area contributed by atoms with Gasteiger partial charge >= 0.3 is 5.69 Å². The highest BCUT2D eigenvalue weighted by molar-refractivity contribution is 5.28. The van der Waals surface area contributed by atoms with E-state index in [4.69, 9.17) is 0 Å². The molecule has 0 saturated carbocycles. The number of H-pyrrole nitrogens is 2. The third-order valence-electron chi connectivity index (χ3n) is 2.14. The lowest BCUT2D eigenvalue weighted by Gasteiger charge is -2.26. The zero-order chi connectivity index (χ0) is 9.97. The minimum absolute atomic E-state index is 0.163. The second kappa shape index (κ2) is 3.62. The molecular weight excluding hydrogens is 186 g/mol. The smallest absolute Gasteiger partial charge is 0.342 e. The van der Waals surface area contributed by atoms with Gasteiger partial charge in [-0.05, 0) is 0 Å². The van der Waals surface area contributed by atoms with Crippen LogP contribution in [0.15, 0.2) is 9.59 Å². The van der Waals surface area contributed by atoms with Crippen molar-refractivity contribution in [2.24, 2.45) is 5.92 Å². The van der Waals surface area contributed by atoms with Crippen LogP contribution in [0.2, 0.25) is 0 Å². The fourth-order valence-corrected chi connectivity index (χ4v) is 1.20. The van der Waals surface area contributed by atoms with Gasteiger partial charge in [-0.15, -0.1) is 5.10 Å². The largest absolute Gasteiger partial charge is 0.364 e. The molecule has 7 nitrogen and oxygen atoms in total. The number of nitrogens with one attached hydrogen (secondary N) is 4.